The van der Waals surface area contributed by atoms with E-state index >= 15 is 0 Å². The molecule has 0 saturated heterocycles. The highest BCUT2D eigenvalue weighted by Gasteiger charge is 2.14. The number of hydrogen-bond acceptors (Lipinski definition) is 3. The van der Waals surface area contributed by atoms with E-state index in [4.69, 9.17) is 27.9 Å². The maximum Gasteiger partial charge on any atom is 0.194 e. The number of halogens is 2. The largest absolute Gasteiger partial charge is 0.442 e. The molecule has 0 radical (unpaired) electrons. The first-order chi connectivity index (χ1) is 11.5. The zero-order valence-corrected chi connectivity index (χ0v) is 14.7. The highest BCUT2D eigenvalue weighted by Crippen LogP contribution is 2.25. The van der Waals surface area contributed by atoms with Gasteiger partial charge in [-0.1, -0.05) is 30.1 Å². The van der Waals surface area contributed by atoms with Crippen molar-refractivity contribution in [1.82, 2.24) is 5.32 Å². The molecule has 3 rings (SSSR count). The Morgan fingerprint density at radius 1 is 1.17 bits per heavy atom. The smallest absolute Gasteiger partial charge is 0.194 e. The van der Waals surface area contributed by atoms with Gasteiger partial charge in [0.15, 0.2) is 11.7 Å². The van der Waals surface area contributed by atoms with Crippen LogP contribution in [-0.2, 0) is 0 Å². The summed E-state index contributed by atoms with van der Waals surface area (Å²) in [6.07, 6.45) is 3.03. The van der Waals surface area contributed by atoms with E-state index in [9.17, 15) is 4.79 Å². The molecule has 1 aliphatic heterocycles. The molecule has 1 N–H and O–H groups in total. The first kappa shape index (κ1) is 16.9. The van der Waals surface area contributed by atoms with Crippen molar-refractivity contribution < 1.29 is 9.53 Å². The van der Waals surface area contributed by atoms with Crippen molar-refractivity contribution in [3.05, 3.63) is 75.6 Å². The minimum Gasteiger partial charge on any atom is -0.442 e. The van der Waals surface area contributed by atoms with Crippen LogP contribution in [0.2, 0.25) is 10.0 Å². The van der Waals surface area contributed by atoms with Gasteiger partial charge in [-0.05, 0) is 60.9 Å². The van der Waals surface area contributed by atoms with Gasteiger partial charge in [-0.2, -0.15) is 0 Å². The van der Waals surface area contributed by atoms with Crippen molar-refractivity contribution in [3.8, 4) is 5.75 Å². The molecule has 0 fully saturated rings. The van der Waals surface area contributed by atoms with Gasteiger partial charge in [0, 0.05) is 22.7 Å². The lowest BCUT2D eigenvalue weighted by atomic mass is 10.0. The Balaban J connectivity index is 1.74. The predicted octanol–water partition coefficient (Wildman–Crippen LogP) is 5.07. The Morgan fingerprint density at radius 3 is 2.58 bits per heavy atom. The number of carbonyl (C=O) groups excluding carboxylic acids is 1. The van der Waals surface area contributed by atoms with E-state index in [2.05, 4.69) is 12.2 Å². The van der Waals surface area contributed by atoms with Gasteiger partial charge in [-0.25, -0.2) is 0 Å². The summed E-state index contributed by atoms with van der Waals surface area (Å²) in [6.45, 7) is 3.08. The summed E-state index contributed by atoms with van der Waals surface area (Å²) >= 11 is 12.0. The fourth-order valence-electron chi connectivity index (χ4n) is 2.44. The minimum absolute atomic E-state index is 0.169. The van der Waals surface area contributed by atoms with Gasteiger partial charge in [0.2, 0.25) is 0 Å². The zero-order valence-electron chi connectivity index (χ0n) is 13.2. The second-order valence-electron chi connectivity index (χ2n) is 5.87. The number of allylic oxidation sites excluding steroid dienone is 1. The predicted molar refractivity (Wildman–Crippen MR) is 96.8 cm³/mol. The van der Waals surface area contributed by atoms with Crippen molar-refractivity contribution in [2.45, 2.75) is 13.3 Å². The summed E-state index contributed by atoms with van der Waals surface area (Å²) in [4.78, 5) is 12.5. The van der Waals surface area contributed by atoms with Crippen LogP contribution in [0.3, 0.4) is 0 Å². The molecule has 24 heavy (non-hydrogen) atoms. The Bertz CT molecular complexity index is 784. The Labute approximate surface area is 151 Å². The summed E-state index contributed by atoms with van der Waals surface area (Å²) in [5, 5.41) is 4.10. The summed E-state index contributed by atoms with van der Waals surface area (Å²) in [5.41, 5.74) is 0.925. The van der Waals surface area contributed by atoms with E-state index in [1.807, 2.05) is 6.08 Å². The molecule has 1 unspecified atom stereocenters. The van der Waals surface area contributed by atoms with Crippen LogP contribution in [0.5, 0.6) is 5.75 Å². The molecule has 0 spiro atoms. The maximum atomic E-state index is 12.5. The first-order valence-electron chi connectivity index (χ1n) is 7.74. The van der Waals surface area contributed by atoms with Crippen molar-refractivity contribution in [1.29, 1.82) is 0 Å². The molecule has 1 aliphatic rings. The van der Waals surface area contributed by atoms with Crippen LogP contribution in [0.25, 0.3) is 0 Å². The maximum absolute atomic E-state index is 12.5. The van der Waals surface area contributed by atoms with Crippen molar-refractivity contribution >= 4 is 29.0 Å². The van der Waals surface area contributed by atoms with Gasteiger partial charge in [-0.15, -0.1) is 0 Å². The van der Waals surface area contributed by atoms with Crippen LogP contribution in [0.15, 0.2) is 54.4 Å². The number of carbonyl (C=O) groups is 1. The summed E-state index contributed by atoms with van der Waals surface area (Å²) in [5.74, 6) is 1.87. The number of ether oxygens (including phenoxy) is 1. The number of benzene rings is 2. The molecule has 1 heterocycles. The first-order valence-corrected chi connectivity index (χ1v) is 8.50. The van der Waals surface area contributed by atoms with Crippen molar-refractivity contribution in [3.63, 3.8) is 0 Å². The van der Waals surface area contributed by atoms with E-state index < -0.39 is 0 Å². The van der Waals surface area contributed by atoms with E-state index in [0.717, 1.165) is 18.8 Å². The van der Waals surface area contributed by atoms with Crippen molar-refractivity contribution in [2.75, 3.05) is 6.54 Å². The number of hydrogen-bond donors (Lipinski definition) is 1. The number of rotatable bonds is 4. The monoisotopic (exact) mass is 361 g/mol. The molecule has 5 heteroatoms. The van der Waals surface area contributed by atoms with Crippen LogP contribution in [-0.4, -0.2) is 12.3 Å². The minimum atomic E-state index is -0.169. The van der Waals surface area contributed by atoms with Crippen LogP contribution in [0.1, 0.15) is 29.3 Å². The van der Waals surface area contributed by atoms with Gasteiger partial charge in [0.25, 0.3) is 0 Å². The third kappa shape index (κ3) is 3.92. The summed E-state index contributed by atoms with van der Waals surface area (Å²) in [6, 6.07) is 11.8. The molecule has 0 bridgehead atoms. The van der Waals surface area contributed by atoms with Crippen LogP contribution < -0.4 is 10.1 Å². The molecule has 124 valence electrons. The van der Waals surface area contributed by atoms with Gasteiger partial charge in [0.05, 0.1) is 5.02 Å². The quantitative estimate of drug-likeness (QED) is 0.772. The van der Waals surface area contributed by atoms with Gasteiger partial charge >= 0.3 is 0 Å². The highest BCUT2D eigenvalue weighted by atomic mass is 35.5. The van der Waals surface area contributed by atoms with E-state index in [1.54, 1.807) is 42.5 Å². The lowest BCUT2D eigenvalue weighted by Crippen LogP contribution is -2.27. The molecule has 0 aliphatic carbocycles. The molecule has 0 saturated carbocycles. The lowest BCUT2D eigenvalue weighted by molar-refractivity contribution is 0.103. The normalized spacial score (nSPS) is 17.0. The average molecular weight is 362 g/mol. The molecular formula is C19H17Cl2NO2. The standard InChI is InChI=1S/C19H17Cl2NO2/c1-12-2-9-18(22-11-12)24-15-6-3-13(4-7-15)19(23)16-10-14(20)5-8-17(16)21/h3-10,12,22H,2,11H2,1H3. The Hall–Kier alpha value is -1.97. The van der Waals surface area contributed by atoms with Crippen molar-refractivity contribution in [2.24, 2.45) is 5.92 Å². The SMILES string of the molecule is CC1CC=C(Oc2ccc(C(=O)c3cc(Cl)ccc3Cl)cc2)NC1. The molecule has 2 aromatic rings. The average Bonchev–Trinajstić information content (AvgIpc) is 2.59. The Morgan fingerprint density at radius 2 is 1.92 bits per heavy atom. The second kappa shape index (κ2) is 7.29. The van der Waals surface area contributed by atoms with Crippen LogP contribution in [0.4, 0.5) is 0 Å². The molecule has 0 amide bonds. The lowest BCUT2D eigenvalue weighted by Gasteiger charge is -2.20. The topological polar surface area (TPSA) is 38.3 Å². The van der Waals surface area contributed by atoms with E-state index in [0.29, 0.717) is 32.8 Å². The number of nitrogens with one attached hydrogen (secondary N) is 1. The third-order valence-corrected chi connectivity index (χ3v) is 4.41. The number of ketones is 1. The molecule has 2 aromatic carbocycles. The second-order valence-corrected chi connectivity index (χ2v) is 6.71. The Kier molecular flexibility index (Phi) is 5.12. The fourth-order valence-corrected chi connectivity index (χ4v) is 2.82. The van der Waals surface area contributed by atoms with Crippen LogP contribution >= 0.6 is 23.2 Å². The molecule has 1 atom stereocenters. The summed E-state index contributed by atoms with van der Waals surface area (Å²) < 4.78 is 5.78. The third-order valence-electron chi connectivity index (χ3n) is 3.85. The van der Waals surface area contributed by atoms with Gasteiger partial charge in [-0.3, -0.25) is 4.79 Å². The highest BCUT2D eigenvalue weighted by molar-refractivity contribution is 6.36. The molecule has 3 nitrogen and oxygen atoms in total. The van der Waals surface area contributed by atoms with Gasteiger partial charge < -0.3 is 10.1 Å². The van der Waals surface area contributed by atoms with E-state index in [1.165, 1.54) is 0 Å². The fraction of sp³-hybridized carbons (Fsp3) is 0.211. The van der Waals surface area contributed by atoms with Crippen LogP contribution in [0, 0.1) is 5.92 Å². The van der Waals surface area contributed by atoms with E-state index in [-0.39, 0.29) is 5.78 Å². The zero-order chi connectivity index (χ0) is 17.1. The molecule has 0 aromatic heterocycles. The van der Waals surface area contributed by atoms with Gasteiger partial charge in [0.1, 0.15) is 5.75 Å². The molecular weight excluding hydrogens is 345 g/mol. The summed E-state index contributed by atoms with van der Waals surface area (Å²) in [7, 11) is 0.